The van der Waals surface area contributed by atoms with Crippen LogP contribution in [-0.4, -0.2) is 10.3 Å². The van der Waals surface area contributed by atoms with Gasteiger partial charge in [0.2, 0.25) is 0 Å². The van der Waals surface area contributed by atoms with Crippen LogP contribution in [0.2, 0.25) is 0 Å². The third-order valence-electron chi connectivity index (χ3n) is 1.41. The first kappa shape index (κ1) is 9.44. The predicted molar refractivity (Wildman–Crippen MR) is 44.4 cm³/mol. The Labute approximate surface area is 76.9 Å². The molecule has 0 atom stereocenters. The van der Waals surface area contributed by atoms with E-state index < -0.39 is 5.82 Å². The first-order chi connectivity index (χ1) is 5.66. The van der Waals surface area contributed by atoms with Gasteiger partial charge in [-0.05, 0) is 22.0 Å². The first-order valence-corrected chi connectivity index (χ1v) is 3.99. The zero-order chi connectivity index (χ0) is 9.14. The lowest BCUT2D eigenvalue weighted by Gasteiger charge is -2.04. The highest BCUT2D eigenvalue weighted by molar-refractivity contribution is 9.10. The second-order valence-corrected chi connectivity index (χ2v) is 3.00. The van der Waals surface area contributed by atoms with Gasteiger partial charge in [0.25, 0.3) is 0 Å². The van der Waals surface area contributed by atoms with E-state index in [1.807, 2.05) is 5.48 Å². The summed E-state index contributed by atoms with van der Waals surface area (Å²) >= 11 is 2.87. The molecule has 0 spiro atoms. The minimum Gasteiger partial charge on any atom is -0.507 e. The smallest absolute Gasteiger partial charge is 0.145 e. The highest BCUT2D eigenvalue weighted by Crippen LogP contribution is 2.28. The van der Waals surface area contributed by atoms with Gasteiger partial charge in [-0.1, -0.05) is 6.07 Å². The number of phenols is 1. The molecule has 0 radical (unpaired) electrons. The number of nitrogens with one attached hydrogen (secondary N) is 1. The van der Waals surface area contributed by atoms with Crippen molar-refractivity contribution in [2.24, 2.45) is 0 Å². The Morgan fingerprint density at radius 3 is 2.75 bits per heavy atom. The molecule has 12 heavy (non-hydrogen) atoms. The van der Waals surface area contributed by atoms with Crippen molar-refractivity contribution in [2.45, 2.75) is 6.54 Å². The summed E-state index contributed by atoms with van der Waals surface area (Å²) in [4.78, 5) is 0. The van der Waals surface area contributed by atoms with E-state index in [0.29, 0.717) is 0 Å². The number of rotatable bonds is 2. The standard InChI is InChI=1S/C7H7BrFNO2/c8-6-5(11)2-1-4(3-10-12)7(6)9/h1-2,10-12H,3H2. The molecule has 66 valence electrons. The molecule has 1 aromatic rings. The zero-order valence-corrected chi connectivity index (χ0v) is 7.60. The molecule has 0 unspecified atom stereocenters. The van der Waals surface area contributed by atoms with Crippen LogP contribution in [0.15, 0.2) is 16.6 Å². The number of hydroxylamine groups is 1. The molecule has 0 amide bonds. The minimum atomic E-state index is -0.573. The van der Waals surface area contributed by atoms with E-state index in [1.165, 1.54) is 12.1 Å². The molecule has 5 heteroatoms. The third-order valence-corrected chi connectivity index (χ3v) is 2.17. The lowest BCUT2D eigenvalue weighted by atomic mass is 10.2. The molecule has 0 heterocycles. The van der Waals surface area contributed by atoms with Crippen molar-refractivity contribution in [3.8, 4) is 5.75 Å². The summed E-state index contributed by atoms with van der Waals surface area (Å²) in [6.45, 7) is 0.00468. The fourth-order valence-electron chi connectivity index (χ4n) is 0.801. The molecular weight excluding hydrogens is 229 g/mol. The second-order valence-electron chi connectivity index (χ2n) is 2.21. The number of phenolic OH excluding ortho intramolecular Hbond substituents is 1. The summed E-state index contributed by atoms with van der Waals surface area (Å²) in [5.41, 5.74) is 2.11. The van der Waals surface area contributed by atoms with Crippen LogP contribution >= 0.6 is 15.9 Å². The van der Waals surface area contributed by atoms with Gasteiger partial charge in [0.05, 0.1) is 4.47 Å². The topological polar surface area (TPSA) is 52.5 Å². The highest BCUT2D eigenvalue weighted by atomic mass is 79.9. The Morgan fingerprint density at radius 2 is 2.17 bits per heavy atom. The average Bonchev–Trinajstić information content (AvgIpc) is 2.07. The maximum absolute atomic E-state index is 13.1. The van der Waals surface area contributed by atoms with Gasteiger partial charge >= 0.3 is 0 Å². The van der Waals surface area contributed by atoms with E-state index in [2.05, 4.69) is 15.9 Å². The largest absolute Gasteiger partial charge is 0.507 e. The maximum atomic E-state index is 13.1. The van der Waals surface area contributed by atoms with Crippen molar-refractivity contribution in [1.82, 2.24) is 5.48 Å². The molecule has 0 fully saturated rings. The van der Waals surface area contributed by atoms with Gasteiger partial charge < -0.3 is 10.3 Å². The average molecular weight is 236 g/mol. The summed E-state index contributed by atoms with van der Waals surface area (Å²) in [6, 6.07) is 2.73. The van der Waals surface area contributed by atoms with E-state index in [0.717, 1.165) is 0 Å². The van der Waals surface area contributed by atoms with Gasteiger partial charge in [0.1, 0.15) is 11.6 Å². The number of benzene rings is 1. The van der Waals surface area contributed by atoms with Gasteiger partial charge in [-0.15, -0.1) is 0 Å². The number of halogens is 2. The SMILES string of the molecule is ONCc1ccc(O)c(Br)c1F. The van der Waals surface area contributed by atoms with Crippen LogP contribution in [0.4, 0.5) is 4.39 Å². The minimum absolute atomic E-state index is 0.00468. The van der Waals surface area contributed by atoms with Gasteiger partial charge in [-0.3, -0.25) is 0 Å². The quantitative estimate of drug-likeness (QED) is 0.686. The summed E-state index contributed by atoms with van der Waals surface area (Å²) < 4.78 is 13.1. The van der Waals surface area contributed by atoms with Gasteiger partial charge in [0, 0.05) is 12.1 Å². The Morgan fingerprint density at radius 1 is 1.50 bits per heavy atom. The van der Waals surface area contributed by atoms with E-state index in [4.69, 9.17) is 10.3 Å². The van der Waals surface area contributed by atoms with Crippen molar-refractivity contribution in [3.63, 3.8) is 0 Å². The molecule has 1 rings (SSSR count). The first-order valence-electron chi connectivity index (χ1n) is 3.19. The molecule has 0 saturated carbocycles. The van der Waals surface area contributed by atoms with Crippen molar-refractivity contribution >= 4 is 15.9 Å². The summed E-state index contributed by atoms with van der Waals surface area (Å²) in [6.07, 6.45) is 0. The third kappa shape index (κ3) is 1.74. The Kier molecular flexibility index (Phi) is 3.02. The van der Waals surface area contributed by atoms with Gasteiger partial charge in [-0.2, -0.15) is 0 Å². The molecule has 3 N–H and O–H groups in total. The molecule has 3 nitrogen and oxygen atoms in total. The van der Waals surface area contributed by atoms with Crippen molar-refractivity contribution < 1.29 is 14.7 Å². The van der Waals surface area contributed by atoms with Crippen LogP contribution < -0.4 is 5.48 Å². The van der Waals surface area contributed by atoms with E-state index >= 15 is 0 Å². The molecular formula is C7H7BrFNO2. The summed E-state index contributed by atoms with van der Waals surface area (Å²) in [5.74, 6) is -0.731. The Hall–Kier alpha value is -0.650. The molecule has 0 aromatic heterocycles. The molecule has 0 aliphatic carbocycles. The predicted octanol–water partition coefficient (Wildman–Crippen LogP) is 1.77. The number of aromatic hydroxyl groups is 1. The monoisotopic (exact) mass is 235 g/mol. The molecule has 0 aliphatic heterocycles. The van der Waals surface area contributed by atoms with Crippen LogP contribution in [-0.2, 0) is 6.54 Å². The van der Waals surface area contributed by atoms with Gasteiger partial charge in [0.15, 0.2) is 0 Å². The molecule has 0 aliphatic rings. The van der Waals surface area contributed by atoms with E-state index in [-0.39, 0.29) is 22.3 Å². The van der Waals surface area contributed by atoms with Gasteiger partial charge in [-0.25, -0.2) is 9.87 Å². The van der Waals surface area contributed by atoms with E-state index in [1.54, 1.807) is 0 Å². The Balaban J connectivity index is 3.08. The van der Waals surface area contributed by atoms with Crippen LogP contribution in [0.5, 0.6) is 5.75 Å². The van der Waals surface area contributed by atoms with Crippen LogP contribution in [0.25, 0.3) is 0 Å². The molecule has 0 saturated heterocycles. The normalized spacial score (nSPS) is 10.2. The zero-order valence-electron chi connectivity index (χ0n) is 6.01. The Bertz CT molecular complexity index is 293. The number of hydrogen-bond donors (Lipinski definition) is 3. The van der Waals surface area contributed by atoms with Crippen molar-refractivity contribution in [2.75, 3.05) is 0 Å². The van der Waals surface area contributed by atoms with Crippen LogP contribution in [0.3, 0.4) is 0 Å². The fourth-order valence-corrected chi connectivity index (χ4v) is 1.19. The summed E-state index contributed by atoms with van der Waals surface area (Å²) in [5, 5.41) is 17.3. The molecule has 0 bridgehead atoms. The summed E-state index contributed by atoms with van der Waals surface area (Å²) in [7, 11) is 0. The number of hydrogen-bond acceptors (Lipinski definition) is 3. The van der Waals surface area contributed by atoms with Crippen LogP contribution in [0, 0.1) is 5.82 Å². The second kappa shape index (κ2) is 3.84. The lowest BCUT2D eigenvalue weighted by Crippen LogP contribution is -2.07. The lowest BCUT2D eigenvalue weighted by molar-refractivity contribution is 0.160. The van der Waals surface area contributed by atoms with Crippen molar-refractivity contribution in [3.05, 3.63) is 28.0 Å². The van der Waals surface area contributed by atoms with Crippen molar-refractivity contribution in [1.29, 1.82) is 0 Å². The maximum Gasteiger partial charge on any atom is 0.145 e. The highest BCUT2D eigenvalue weighted by Gasteiger charge is 2.09. The fraction of sp³-hybridized carbons (Fsp3) is 0.143. The van der Waals surface area contributed by atoms with E-state index in [9.17, 15) is 4.39 Å². The molecule has 1 aromatic carbocycles. The van der Waals surface area contributed by atoms with Crippen LogP contribution in [0.1, 0.15) is 5.56 Å².